The summed E-state index contributed by atoms with van der Waals surface area (Å²) in [6.07, 6.45) is 3.40. The first kappa shape index (κ1) is 19.9. The van der Waals surface area contributed by atoms with Gasteiger partial charge in [0.05, 0.1) is 18.1 Å². The molecule has 8 heteroatoms. The number of carbonyl (C=O) groups excluding carboxylic acids is 1. The standard InChI is InChI=1S/C19H25N3O4S/c1-11(23)14-15-13(6-8-21(2)3)17(16(19(25)26)22(15)18(14)24)27-10-12-5-4-7-20-9-12/h4-5,7,9,11,13-15,23H,6,8,10H2,1-3H3,(H,25,26)/t11-,13-,14-,15-/m1/s1. The summed E-state index contributed by atoms with van der Waals surface area (Å²) in [6, 6.07) is 3.52. The molecule has 3 heterocycles. The van der Waals surface area contributed by atoms with Crippen molar-refractivity contribution < 1.29 is 19.8 Å². The van der Waals surface area contributed by atoms with Gasteiger partial charge in [0.2, 0.25) is 5.91 Å². The highest BCUT2D eigenvalue weighted by Crippen LogP contribution is 2.52. The Labute approximate surface area is 163 Å². The highest BCUT2D eigenvalue weighted by atomic mass is 32.2. The summed E-state index contributed by atoms with van der Waals surface area (Å²) < 4.78 is 0. The molecule has 2 aliphatic rings. The smallest absolute Gasteiger partial charge is 0.353 e. The minimum absolute atomic E-state index is 0.0829. The van der Waals surface area contributed by atoms with Crippen molar-refractivity contribution in [3.8, 4) is 0 Å². The molecular weight excluding hydrogens is 366 g/mol. The molecule has 0 spiro atoms. The number of aliphatic carboxylic acids is 1. The van der Waals surface area contributed by atoms with Gasteiger partial charge in [0.25, 0.3) is 0 Å². The van der Waals surface area contributed by atoms with E-state index in [-0.39, 0.29) is 23.6 Å². The molecule has 1 saturated heterocycles. The van der Waals surface area contributed by atoms with E-state index in [4.69, 9.17) is 0 Å². The number of hydrogen-bond acceptors (Lipinski definition) is 6. The first-order valence-electron chi connectivity index (χ1n) is 8.98. The zero-order valence-electron chi connectivity index (χ0n) is 15.7. The third-order valence-corrected chi connectivity index (χ3v) is 6.42. The molecule has 0 saturated carbocycles. The fraction of sp³-hybridized carbons (Fsp3) is 0.526. The average molecular weight is 391 g/mol. The minimum atomic E-state index is -1.08. The van der Waals surface area contributed by atoms with Gasteiger partial charge in [-0.05, 0) is 45.6 Å². The van der Waals surface area contributed by atoms with E-state index in [1.807, 2.05) is 31.1 Å². The first-order valence-corrected chi connectivity index (χ1v) is 9.96. The van der Waals surface area contributed by atoms with E-state index >= 15 is 0 Å². The van der Waals surface area contributed by atoms with Gasteiger partial charge >= 0.3 is 5.97 Å². The van der Waals surface area contributed by atoms with E-state index in [0.717, 1.165) is 23.4 Å². The van der Waals surface area contributed by atoms with Crippen LogP contribution in [-0.4, -0.2) is 69.7 Å². The monoisotopic (exact) mass is 391 g/mol. The Bertz CT molecular complexity index is 751. The van der Waals surface area contributed by atoms with Crippen LogP contribution >= 0.6 is 11.8 Å². The van der Waals surface area contributed by atoms with Gasteiger partial charge in [0.1, 0.15) is 5.70 Å². The normalized spacial score (nSPS) is 25.6. The number of aliphatic hydroxyl groups is 1. The van der Waals surface area contributed by atoms with Crippen LogP contribution in [-0.2, 0) is 15.3 Å². The van der Waals surface area contributed by atoms with Gasteiger partial charge in [-0.2, -0.15) is 0 Å². The summed E-state index contributed by atoms with van der Waals surface area (Å²) in [6.45, 7) is 2.38. The van der Waals surface area contributed by atoms with E-state index in [1.54, 1.807) is 19.3 Å². The van der Waals surface area contributed by atoms with Crippen LogP contribution in [0.5, 0.6) is 0 Å². The number of thioether (sulfide) groups is 1. The Kier molecular flexibility index (Phi) is 5.88. The number of amides is 1. The van der Waals surface area contributed by atoms with Crippen molar-refractivity contribution in [2.24, 2.45) is 11.8 Å². The lowest BCUT2D eigenvalue weighted by Gasteiger charge is -2.47. The van der Waals surface area contributed by atoms with Crippen molar-refractivity contribution in [1.29, 1.82) is 0 Å². The van der Waals surface area contributed by atoms with Crippen molar-refractivity contribution in [3.63, 3.8) is 0 Å². The fourth-order valence-electron chi connectivity index (χ4n) is 3.89. The Morgan fingerprint density at radius 3 is 2.74 bits per heavy atom. The van der Waals surface area contributed by atoms with Gasteiger partial charge in [-0.25, -0.2) is 4.79 Å². The van der Waals surface area contributed by atoms with Crippen molar-refractivity contribution >= 4 is 23.6 Å². The number of rotatable bonds is 8. The van der Waals surface area contributed by atoms with Crippen LogP contribution in [0.4, 0.5) is 0 Å². The maximum absolute atomic E-state index is 12.5. The topological polar surface area (TPSA) is 94.0 Å². The lowest BCUT2D eigenvalue weighted by Crippen LogP contribution is -2.64. The number of aromatic nitrogens is 1. The fourth-order valence-corrected chi connectivity index (χ4v) is 5.18. The largest absolute Gasteiger partial charge is 0.477 e. The molecular formula is C19H25N3O4S. The molecule has 146 valence electrons. The Morgan fingerprint density at radius 2 is 2.19 bits per heavy atom. The van der Waals surface area contributed by atoms with Crippen molar-refractivity contribution in [1.82, 2.24) is 14.8 Å². The summed E-state index contributed by atoms with van der Waals surface area (Å²) in [5.41, 5.74) is 1.08. The summed E-state index contributed by atoms with van der Waals surface area (Å²) in [7, 11) is 3.93. The number of carbonyl (C=O) groups is 2. The predicted octanol–water partition coefficient (Wildman–Crippen LogP) is 1.40. The minimum Gasteiger partial charge on any atom is -0.477 e. The molecule has 0 aromatic carbocycles. The van der Waals surface area contributed by atoms with E-state index in [1.165, 1.54) is 16.7 Å². The summed E-state index contributed by atoms with van der Waals surface area (Å²) in [5, 5.41) is 19.9. The number of hydrogen-bond donors (Lipinski definition) is 2. The molecule has 4 atom stereocenters. The van der Waals surface area contributed by atoms with Crippen LogP contribution < -0.4 is 0 Å². The van der Waals surface area contributed by atoms with Gasteiger partial charge < -0.3 is 20.0 Å². The Hall–Kier alpha value is -1.90. The lowest BCUT2D eigenvalue weighted by atomic mass is 9.77. The molecule has 2 N–H and O–H groups in total. The second-order valence-electron chi connectivity index (χ2n) is 7.33. The highest BCUT2D eigenvalue weighted by Gasteiger charge is 2.60. The molecule has 0 radical (unpaired) electrons. The number of carboxylic acid groups (broad SMARTS) is 1. The second-order valence-corrected chi connectivity index (χ2v) is 8.35. The summed E-state index contributed by atoms with van der Waals surface area (Å²) in [5.74, 6) is -1.41. The SMILES string of the molecule is C[C@@H](O)[C@H]1C(=O)N2C(C(=O)O)=C(SCc3cccnc3)[C@H](CCN(C)C)[C@H]12. The van der Waals surface area contributed by atoms with Crippen molar-refractivity contribution in [2.75, 3.05) is 20.6 Å². The first-order chi connectivity index (χ1) is 12.8. The Morgan fingerprint density at radius 1 is 1.44 bits per heavy atom. The summed E-state index contributed by atoms with van der Waals surface area (Å²) in [4.78, 5) is 32.8. The molecule has 7 nitrogen and oxygen atoms in total. The molecule has 1 aromatic rings. The van der Waals surface area contributed by atoms with E-state index < -0.39 is 18.0 Å². The Balaban J connectivity index is 1.91. The number of pyridine rings is 1. The van der Waals surface area contributed by atoms with Gasteiger partial charge in [-0.3, -0.25) is 9.78 Å². The number of aliphatic hydroxyl groups excluding tert-OH is 1. The van der Waals surface area contributed by atoms with Gasteiger partial charge in [0, 0.05) is 29.0 Å². The van der Waals surface area contributed by atoms with Gasteiger partial charge in [-0.15, -0.1) is 11.8 Å². The number of β-lactam (4-membered cyclic amide) rings is 1. The summed E-state index contributed by atoms with van der Waals surface area (Å²) >= 11 is 1.46. The molecule has 2 aliphatic heterocycles. The third kappa shape index (κ3) is 3.74. The van der Waals surface area contributed by atoms with Crippen molar-refractivity contribution in [3.05, 3.63) is 40.7 Å². The van der Waals surface area contributed by atoms with Crippen LogP contribution in [0, 0.1) is 11.8 Å². The number of fused-ring (bicyclic) bond motifs is 1. The molecule has 1 aromatic heterocycles. The van der Waals surface area contributed by atoms with Crippen LogP contribution in [0.3, 0.4) is 0 Å². The number of nitrogens with zero attached hydrogens (tertiary/aromatic N) is 3. The van der Waals surface area contributed by atoms with E-state index in [9.17, 15) is 19.8 Å². The van der Waals surface area contributed by atoms with Crippen LogP contribution in [0.1, 0.15) is 18.9 Å². The van der Waals surface area contributed by atoms with Gasteiger partial charge in [0.15, 0.2) is 0 Å². The molecule has 1 amide bonds. The second kappa shape index (κ2) is 8.00. The maximum atomic E-state index is 12.5. The quantitative estimate of drug-likeness (QED) is 0.647. The molecule has 27 heavy (non-hydrogen) atoms. The molecule has 0 bridgehead atoms. The molecule has 3 rings (SSSR count). The van der Waals surface area contributed by atoms with Crippen LogP contribution in [0.15, 0.2) is 35.1 Å². The average Bonchev–Trinajstić information content (AvgIpc) is 2.88. The third-order valence-electron chi connectivity index (χ3n) is 5.14. The highest BCUT2D eigenvalue weighted by molar-refractivity contribution is 8.02. The lowest BCUT2D eigenvalue weighted by molar-refractivity contribution is -0.163. The zero-order valence-corrected chi connectivity index (χ0v) is 16.5. The van der Waals surface area contributed by atoms with Gasteiger partial charge in [-0.1, -0.05) is 6.07 Å². The zero-order chi connectivity index (χ0) is 19.7. The number of carboxylic acids is 1. The molecule has 0 unspecified atom stereocenters. The molecule has 1 fully saturated rings. The maximum Gasteiger partial charge on any atom is 0.353 e. The predicted molar refractivity (Wildman–Crippen MR) is 103 cm³/mol. The van der Waals surface area contributed by atoms with Crippen molar-refractivity contribution in [2.45, 2.75) is 31.2 Å². The van der Waals surface area contributed by atoms with E-state index in [2.05, 4.69) is 4.98 Å². The molecule has 0 aliphatic carbocycles. The van der Waals surface area contributed by atoms with E-state index in [0.29, 0.717) is 5.75 Å². The van der Waals surface area contributed by atoms with Crippen LogP contribution in [0.2, 0.25) is 0 Å². The van der Waals surface area contributed by atoms with Crippen LogP contribution in [0.25, 0.3) is 0 Å².